The summed E-state index contributed by atoms with van der Waals surface area (Å²) < 4.78 is 10.5. The van der Waals surface area contributed by atoms with Crippen molar-refractivity contribution < 1.29 is 9.47 Å². The second-order valence-corrected chi connectivity index (χ2v) is 3.97. The highest BCUT2D eigenvalue weighted by atomic mass is 35.5. The molecule has 0 amide bonds. The Labute approximate surface area is 91.1 Å². The Hall–Kier alpha value is 0.170. The Morgan fingerprint density at radius 1 is 1.43 bits per heavy atom. The average Bonchev–Trinajstić information content (AvgIpc) is 2.69. The molecule has 1 atom stereocenters. The molecule has 0 radical (unpaired) electrons. The van der Waals surface area contributed by atoms with E-state index in [2.05, 4.69) is 5.32 Å². The fraction of sp³-hybridized carbons (Fsp3) is 1.00. The van der Waals surface area contributed by atoms with E-state index in [1.807, 2.05) is 0 Å². The van der Waals surface area contributed by atoms with E-state index in [0.717, 1.165) is 45.2 Å². The van der Waals surface area contributed by atoms with Crippen LogP contribution in [0.4, 0.5) is 0 Å². The average molecular weight is 222 g/mol. The molecule has 0 bridgehead atoms. The molecule has 1 fully saturated rings. The van der Waals surface area contributed by atoms with Crippen LogP contribution in [0.25, 0.3) is 0 Å². The van der Waals surface area contributed by atoms with Crippen molar-refractivity contribution in [2.45, 2.75) is 12.8 Å². The van der Waals surface area contributed by atoms with Gasteiger partial charge in [-0.05, 0) is 25.3 Å². The fourth-order valence-electron chi connectivity index (χ4n) is 1.51. The molecule has 0 saturated carbocycles. The van der Waals surface area contributed by atoms with Crippen molar-refractivity contribution in [2.75, 3.05) is 45.4 Å². The first-order chi connectivity index (χ1) is 6.93. The Kier molecular flexibility index (Phi) is 7.41. The minimum atomic E-state index is 0.590. The van der Waals surface area contributed by atoms with Gasteiger partial charge in [0.25, 0.3) is 0 Å². The molecule has 0 aromatic rings. The molecule has 84 valence electrons. The molecule has 1 aliphatic heterocycles. The molecule has 14 heavy (non-hydrogen) atoms. The molecule has 0 aromatic carbocycles. The highest BCUT2D eigenvalue weighted by Gasteiger charge is 2.14. The van der Waals surface area contributed by atoms with Crippen molar-refractivity contribution in [3.8, 4) is 0 Å². The Morgan fingerprint density at radius 2 is 2.36 bits per heavy atom. The van der Waals surface area contributed by atoms with E-state index < -0.39 is 0 Å². The molecule has 1 heterocycles. The third-order valence-corrected chi connectivity index (χ3v) is 2.48. The van der Waals surface area contributed by atoms with Gasteiger partial charge in [0.1, 0.15) is 0 Å². The van der Waals surface area contributed by atoms with Gasteiger partial charge in [-0.15, -0.1) is 11.6 Å². The Morgan fingerprint density at radius 3 is 3.07 bits per heavy atom. The standard InChI is InChI=1S/C10H20ClNO2/c11-3-7-13-5-1-4-12-8-10-2-6-14-9-10/h10,12H,1-9H2. The van der Waals surface area contributed by atoms with Crippen LogP contribution in [-0.2, 0) is 9.47 Å². The Balaban J connectivity index is 1.75. The van der Waals surface area contributed by atoms with E-state index in [4.69, 9.17) is 21.1 Å². The molecule has 1 saturated heterocycles. The predicted molar refractivity (Wildman–Crippen MR) is 58.0 cm³/mol. The van der Waals surface area contributed by atoms with Crippen molar-refractivity contribution in [3.05, 3.63) is 0 Å². The van der Waals surface area contributed by atoms with Gasteiger partial charge < -0.3 is 14.8 Å². The largest absolute Gasteiger partial charge is 0.381 e. The lowest BCUT2D eigenvalue weighted by molar-refractivity contribution is 0.146. The molecule has 3 nitrogen and oxygen atoms in total. The third kappa shape index (κ3) is 5.81. The van der Waals surface area contributed by atoms with Gasteiger partial charge in [-0.2, -0.15) is 0 Å². The van der Waals surface area contributed by atoms with Crippen LogP contribution in [-0.4, -0.2) is 45.4 Å². The summed E-state index contributed by atoms with van der Waals surface area (Å²) in [5, 5.41) is 3.41. The van der Waals surface area contributed by atoms with Gasteiger partial charge >= 0.3 is 0 Å². The number of hydrogen-bond acceptors (Lipinski definition) is 3. The zero-order valence-electron chi connectivity index (χ0n) is 8.64. The van der Waals surface area contributed by atoms with Crippen LogP contribution in [0.2, 0.25) is 0 Å². The summed E-state index contributed by atoms with van der Waals surface area (Å²) in [5.74, 6) is 1.31. The topological polar surface area (TPSA) is 30.5 Å². The highest BCUT2D eigenvalue weighted by molar-refractivity contribution is 6.17. The van der Waals surface area contributed by atoms with E-state index >= 15 is 0 Å². The molecule has 0 spiro atoms. The quantitative estimate of drug-likeness (QED) is 0.495. The van der Waals surface area contributed by atoms with Gasteiger partial charge in [0, 0.05) is 25.6 Å². The minimum absolute atomic E-state index is 0.590. The molecule has 0 aromatic heterocycles. The van der Waals surface area contributed by atoms with Gasteiger partial charge in [-0.3, -0.25) is 0 Å². The molecule has 0 aliphatic carbocycles. The van der Waals surface area contributed by atoms with Crippen molar-refractivity contribution in [1.82, 2.24) is 5.32 Å². The molecule has 1 N–H and O–H groups in total. The first-order valence-corrected chi connectivity index (χ1v) is 5.89. The van der Waals surface area contributed by atoms with Crippen LogP contribution < -0.4 is 5.32 Å². The third-order valence-electron chi connectivity index (χ3n) is 2.32. The van der Waals surface area contributed by atoms with Gasteiger partial charge in [-0.1, -0.05) is 0 Å². The summed E-state index contributed by atoms with van der Waals surface area (Å²) in [4.78, 5) is 0. The van der Waals surface area contributed by atoms with E-state index in [1.165, 1.54) is 6.42 Å². The summed E-state index contributed by atoms with van der Waals surface area (Å²) in [7, 11) is 0. The predicted octanol–water partition coefficient (Wildman–Crippen LogP) is 1.26. The first-order valence-electron chi connectivity index (χ1n) is 5.35. The van der Waals surface area contributed by atoms with Gasteiger partial charge in [0.2, 0.25) is 0 Å². The normalized spacial score (nSPS) is 21.6. The number of nitrogens with one attached hydrogen (secondary N) is 1. The van der Waals surface area contributed by atoms with E-state index in [-0.39, 0.29) is 0 Å². The smallest absolute Gasteiger partial charge is 0.0601 e. The van der Waals surface area contributed by atoms with Crippen LogP contribution in [0.5, 0.6) is 0 Å². The molecule has 4 heteroatoms. The maximum Gasteiger partial charge on any atom is 0.0601 e. The first kappa shape index (κ1) is 12.2. The van der Waals surface area contributed by atoms with Crippen LogP contribution in [0.15, 0.2) is 0 Å². The summed E-state index contributed by atoms with van der Waals surface area (Å²) >= 11 is 5.47. The zero-order valence-corrected chi connectivity index (χ0v) is 9.39. The summed E-state index contributed by atoms with van der Waals surface area (Å²) in [6.45, 7) is 5.44. The summed E-state index contributed by atoms with van der Waals surface area (Å²) in [6, 6.07) is 0. The van der Waals surface area contributed by atoms with E-state index in [9.17, 15) is 0 Å². The molecule has 1 aliphatic rings. The van der Waals surface area contributed by atoms with Crippen molar-refractivity contribution in [2.24, 2.45) is 5.92 Å². The van der Waals surface area contributed by atoms with Crippen LogP contribution in [0.1, 0.15) is 12.8 Å². The number of alkyl halides is 1. The van der Waals surface area contributed by atoms with Gasteiger partial charge in [-0.25, -0.2) is 0 Å². The molecule has 1 unspecified atom stereocenters. The number of halogens is 1. The summed E-state index contributed by atoms with van der Waals surface area (Å²) in [6.07, 6.45) is 2.26. The van der Waals surface area contributed by atoms with Crippen LogP contribution >= 0.6 is 11.6 Å². The second-order valence-electron chi connectivity index (χ2n) is 3.59. The van der Waals surface area contributed by atoms with E-state index in [0.29, 0.717) is 12.5 Å². The summed E-state index contributed by atoms with van der Waals surface area (Å²) in [5.41, 5.74) is 0. The number of hydrogen-bond donors (Lipinski definition) is 1. The monoisotopic (exact) mass is 221 g/mol. The second kappa shape index (κ2) is 8.48. The maximum atomic E-state index is 5.47. The Bertz CT molecular complexity index is 129. The number of ether oxygens (including phenoxy) is 2. The lowest BCUT2D eigenvalue weighted by Gasteiger charge is -2.08. The highest BCUT2D eigenvalue weighted by Crippen LogP contribution is 2.10. The maximum absolute atomic E-state index is 5.47. The lowest BCUT2D eigenvalue weighted by Crippen LogP contribution is -2.24. The molecule has 1 rings (SSSR count). The SMILES string of the molecule is ClCCOCCCNCC1CCOC1. The number of rotatable bonds is 8. The minimum Gasteiger partial charge on any atom is -0.381 e. The van der Waals surface area contributed by atoms with Gasteiger partial charge in [0.05, 0.1) is 13.2 Å². The van der Waals surface area contributed by atoms with Crippen molar-refractivity contribution in [3.63, 3.8) is 0 Å². The molecular formula is C10H20ClNO2. The lowest BCUT2D eigenvalue weighted by atomic mass is 10.1. The van der Waals surface area contributed by atoms with Crippen LogP contribution in [0, 0.1) is 5.92 Å². The fourth-order valence-corrected chi connectivity index (χ4v) is 1.62. The molecular weight excluding hydrogens is 202 g/mol. The van der Waals surface area contributed by atoms with E-state index in [1.54, 1.807) is 0 Å². The van der Waals surface area contributed by atoms with Crippen molar-refractivity contribution >= 4 is 11.6 Å². The van der Waals surface area contributed by atoms with Crippen molar-refractivity contribution in [1.29, 1.82) is 0 Å². The van der Waals surface area contributed by atoms with Crippen LogP contribution in [0.3, 0.4) is 0 Å². The van der Waals surface area contributed by atoms with Gasteiger partial charge in [0.15, 0.2) is 0 Å². The zero-order chi connectivity index (χ0) is 10.1.